The van der Waals surface area contributed by atoms with Gasteiger partial charge in [0.2, 0.25) is 8.38 Å². The molecule has 3 heterocycles. The van der Waals surface area contributed by atoms with E-state index in [-0.39, 0.29) is 58.8 Å². The molecule has 41 heavy (non-hydrogen) atoms. The van der Waals surface area contributed by atoms with Crippen molar-refractivity contribution >= 4 is 54.8 Å². The number of hydrogen-bond acceptors (Lipinski definition) is 8. The molecule has 0 saturated heterocycles. The summed E-state index contributed by atoms with van der Waals surface area (Å²) in [5.41, 5.74) is 0.00121. The Labute approximate surface area is 257 Å². The Kier molecular flexibility index (Phi) is 12.9. The Hall–Kier alpha value is -3.37. The van der Waals surface area contributed by atoms with Crippen molar-refractivity contribution < 1.29 is 58.2 Å². The second kappa shape index (κ2) is 15.6. The van der Waals surface area contributed by atoms with Gasteiger partial charge in [-0.15, -0.1) is 0 Å². The monoisotopic (exact) mass is 705 g/mol. The number of hydrogen-bond donors (Lipinski definition) is 3. The average Bonchev–Trinajstić information content (AvgIpc) is 2.96. The van der Waals surface area contributed by atoms with Gasteiger partial charge >= 0.3 is 17.9 Å². The van der Waals surface area contributed by atoms with E-state index in [1.807, 2.05) is 12.1 Å². The first-order valence-corrected chi connectivity index (χ1v) is 13.0. The molecule has 0 aliphatic heterocycles. The Bertz CT molecular complexity index is 1570. The van der Waals surface area contributed by atoms with E-state index in [2.05, 4.69) is 15.0 Å². The zero-order chi connectivity index (χ0) is 29.4. The fourth-order valence-corrected chi connectivity index (χ4v) is 5.00. The van der Waals surface area contributed by atoms with Crippen molar-refractivity contribution in [2.45, 2.75) is 0 Å². The first kappa shape index (κ1) is 33.8. The minimum absolute atomic E-state index is 0. The Morgan fingerprint density at radius 1 is 0.756 bits per heavy atom. The maximum absolute atomic E-state index is 11.7. The average molecular weight is 705 g/mol. The van der Waals surface area contributed by atoms with Crippen LogP contribution in [-0.2, 0) is 28.5 Å². The molecule has 0 unspecified atom stereocenters. The van der Waals surface area contributed by atoms with Gasteiger partial charge in [0.25, 0.3) is 0 Å². The van der Waals surface area contributed by atoms with Crippen LogP contribution in [0.3, 0.4) is 0 Å². The summed E-state index contributed by atoms with van der Waals surface area (Å²) in [4.78, 5) is 46.4. The van der Waals surface area contributed by atoms with Crippen LogP contribution in [0.4, 0.5) is 0 Å². The molecule has 0 atom stereocenters. The molecule has 0 aliphatic rings. The standard InChI is InChI=1S/C18H11N3O6.C8H9Cl2O2P.Ru/c22-16(23)9-1-4-19-12(7-9)14-11(18(26)27)3-6-21-15(14)13-8-10(17(24)25)2-5-20-13;1-11-13(12-2)7-5-3-4-6(9)8(7)10;/h1-8H,(H,22,23)(H,24,25)(H,26,27);3-5H,1-2H3;. The van der Waals surface area contributed by atoms with Gasteiger partial charge in [-0.2, -0.15) is 0 Å². The Morgan fingerprint density at radius 2 is 1.29 bits per heavy atom. The summed E-state index contributed by atoms with van der Waals surface area (Å²) in [5, 5.41) is 29.7. The van der Waals surface area contributed by atoms with Crippen LogP contribution >= 0.6 is 31.6 Å². The first-order chi connectivity index (χ1) is 19.1. The van der Waals surface area contributed by atoms with Crippen LogP contribution in [0.2, 0.25) is 10.0 Å². The fourth-order valence-electron chi connectivity index (χ4n) is 3.39. The minimum Gasteiger partial charge on any atom is -0.478 e. The Balaban J connectivity index is 0.000000355. The van der Waals surface area contributed by atoms with Crippen molar-refractivity contribution in [2.24, 2.45) is 0 Å². The van der Waals surface area contributed by atoms with Gasteiger partial charge in [0.15, 0.2) is 0 Å². The van der Waals surface area contributed by atoms with Gasteiger partial charge in [-0.3, -0.25) is 15.0 Å². The van der Waals surface area contributed by atoms with Crippen LogP contribution in [0.25, 0.3) is 22.6 Å². The summed E-state index contributed by atoms with van der Waals surface area (Å²) < 4.78 is 10.2. The van der Waals surface area contributed by atoms with Gasteiger partial charge in [-0.05, 0) is 42.5 Å². The summed E-state index contributed by atoms with van der Waals surface area (Å²) in [6, 6.07) is 11.7. The molecule has 0 aliphatic carbocycles. The van der Waals surface area contributed by atoms with Gasteiger partial charge in [-0.25, -0.2) is 14.4 Å². The summed E-state index contributed by atoms with van der Waals surface area (Å²) in [5.74, 6) is -3.65. The number of aromatic carboxylic acids is 3. The number of carboxylic acids is 3. The first-order valence-electron chi connectivity index (χ1n) is 11.0. The number of pyridine rings is 3. The number of carboxylic acid groups (broad SMARTS) is 3. The number of rotatable bonds is 8. The quantitative estimate of drug-likeness (QED) is 0.156. The zero-order valence-corrected chi connectivity index (χ0v) is 25.3. The largest absolute Gasteiger partial charge is 0.478 e. The van der Waals surface area contributed by atoms with Crippen LogP contribution in [0.15, 0.2) is 67.1 Å². The molecule has 15 heteroatoms. The molecule has 3 aromatic heterocycles. The second-order valence-electron chi connectivity index (χ2n) is 7.55. The van der Waals surface area contributed by atoms with Crippen LogP contribution in [0.1, 0.15) is 31.1 Å². The van der Waals surface area contributed by atoms with E-state index in [0.29, 0.717) is 10.0 Å². The van der Waals surface area contributed by atoms with Gasteiger partial charge in [0.1, 0.15) is 0 Å². The van der Waals surface area contributed by atoms with Crippen LogP contribution < -0.4 is 5.30 Å². The molecule has 214 valence electrons. The third-order valence-corrected chi connectivity index (χ3v) is 7.53. The molecule has 3 N–H and O–H groups in total. The second-order valence-corrected chi connectivity index (χ2v) is 10.1. The maximum Gasteiger partial charge on any atom is 0.336 e. The maximum atomic E-state index is 11.7. The van der Waals surface area contributed by atoms with Crippen molar-refractivity contribution in [1.29, 1.82) is 0 Å². The summed E-state index contributed by atoms with van der Waals surface area (Å²) in [6.45, 7) is 0. The zero-order valence-electron chi connectivity index (χ0n) is 21.1. The van der Waals surface area contributed by atoms with Crippen LogP contribution in [-0.4, -0.2) is 62.4 Å². The normalized spacial score (nSPS) is 10.3. The predicted molar refractivity (Wildman–Crippen MR) is 149 cm³/mol. The van der Waals surface area contributed by atoms with Gasteiger partial charge in [0, 0.05) is 63.2 Å². The number of nitrogens with zero attached hydrogens (tertiary/aromatic N) is 3. The number of halogens is 2. The van der Waals surface area contributed by atoms with E-state index in [1.54, 1.807) is 20.3 Å². The van der Waals surface area contributed by atoms with E-state index < -0.39 is 26.3 Å². The fraction of sp³-hybridized carbons (Fsp3) is 0.0769. The molecule has 0 saturated carbocycles. The summed E-state index contributed by atoms with van der Waals surface area (Å²) in [6.07, 6.45) is 3.75. The van der Waals surface area contributed by atoms with E-state index in [4.69, 9.17) is 37.4 Å². The molecular formula is C26H20Cl2N3O8PRu. The summed E-state index contributed by atoms with van der Waals surface area (Å²) >= 11 is 11.8. The topological polar surface area (TPSA) is 169 Å². The third-order valence-electron chi connectivity index (χ3n) is 5.15. The minimum atomic E-state index is -1.27. The van der Waals surface area contributed by atoms with Crippen molar-refractivity contribution in [3.05, 3.63) is 93.9 Å². The molecule has 0 spiro atoms. The van der Waals surface area contributed by atoms with E-state index >= 15 is 0 Å². The van der Waals surface area contributed by atoms with Gasteiger partial charge in [-0.1, -0.05) is 29.3 Å². The molecule has 4 aromatic rings. The number of aromatic nitrogens is 3. The molecule has 0 fully saturated rings. The summed E-state index contributed by atoms with van der Waals surface area (Å²) in [7, 11) is 2.05. The Morgan fingerprint density at radius 3 is 1.83 bits per heavy atom. The smallest absolute Gasteiger partial charge is 0.336 e. The van der Waals surface area contributed by atoms with Crippen LogP contribution in [0, 0.1) is 0 Å². The molecule has 1 aromatic carbocycles. The van der Waals surface area contributed by atoms with E-state index in [0.717, 1.165) is 5.30 Å². The molecule has 11 nitrogen and oxygen atoms in total. The number of benzene rings is 1. The predicted octanol–water partition coefficient (Wildman–Crippen LogP) is 5.52. The van der Waals surface area contributed by atoms with Crippen molar-refractivity contribution in [2.75, 3.05) is 14.2 Å². The van der Waals surface area contributed by atoms with Crippen LogP contribution in [0.5, 0.6) is 0 Å². The molecular weight excluding hydrogens is 685 g/mol. The van der Waals surface area contributed by atoms with Gasteiger partial charge < -0.3 is 24.4 Å². The van der Waals surface area contributed by atoms with Gasteiger partial charge in [0.05, 0.1) is 43.8 Å². The molecule has 4 rings (SSSR count). The molecule has 0 bridgehead atoms. The SMILES string of the molecule is COP(OC)c1cccc(Cl)c1Cl.O=C(O)c1ccnc(-c2nccc(C(=O)O)c2-c2cc(C(=O)O)ccn2)c1.[Ru]. The molecule has 0 amide bonds. The van der Waals surface area contributed by atoms with E-state index in [9.17, 15) is 24.6 Å². The van der Waals surface area contributed by atoms with Crippen molar-refractivity contribution in [1.82, 2.24) is 15.0 Å². The van der Waals surface area contributed by atoms with Crippen molar-refractivity contribution in [3.63, 3.8) is 0 Å². The molecule has 0 radical (unpaired) electrons. The number of carbonyl (C=O) groups is 3. The van der Waals surface area contributed by atoms with E-state index in [1.165, 1.54) is 48.9 Å². The van der Waals surface area contributed by atoms with Crippen molar-refractivity contribution in [3.8, 4) is 22.6 Å². The third kappa shape index (κ3) is 8.33.